The molecule has 0 radical (unpaired) electrons. The molecule has 3 rings (SSSR count). The van der Waals surface area contributed by atoms with Crippen LogP contribution in [0.5, 0.6) is 0 Å². The maximum absolute atomic E-state index is 13.4. The van der Waals surface area contributed by atoms with Gasteiger partial charge in [-0.15, -0.1) is 0 Å². The number of nitrogens with one attached hydrogen (secondary N) is 1. The second-order valence-corrected chi connectivity index (χ2v) is 4.65. The Morgan fingerprint density at radius 1 is 1.05 bits per heavy atom. The minimum atomic E-state index is -0.473. The fraction of sp³-hybridized carbons (Fsp3) is 0.0625. The van der Waals surface area contributed by atoms with Gasteiger partial charge in [-0.2, -0.15) is 0 Å². The van der Waals surface area contributed by atoms with E-state index in [4.69, 9.17) is 0 Å². The molecule has 0 amide bonds. The highest BCUT2D eigenvalue weighted by Gasteiger charge is 2.18. The Labute approximate surface area is 114 Å². The van der Waals surface area contributed by atoms with Crippen molar-refractivity contribution in [1.29, 1.82) is 0 Å². The Morgan fingerprint density at radius 3 is 2.55 bits per heavy atom. The van der Waals surface area contributed by atoms with Crippen LogP contribution in [-0.4, -0.2) is 10.8 Å². The molecule has 0 aliphatic heterocycles. The van der Waals surface area contributed by atoms with Crippen molar-refractivity contribution in [2.45, 2.75) is 6.92 Å². The fourth-order valence-corrected chi connectivity index (χ4v) is 2.37. The van der Waals surface area contributed by atoms with Gasteiger partial charge in [0.05, 0.1) is 5.56 Å². The van der Waals surface area contributed by atoms with Crippen molar-refractivity contribution in [2.24, 2.45) is 0 Å². The van der Waals surface area contributed by atoms with E-state index in [0.29, 0.717) is 22.2 Å². The molecule has 1 aromatic heterocycles. The molecule has 0 saturated carbocycles. The van der Waals surface area contributed by atoms with Gasteiger partial charge in [-0.3, -0.25) is 4.79 Å². The highest BCUT2D eigenvalue weighted by Crippen LogP contribution is 2.25. The summed E-state index contributed by atoms with van der Waals surface area (Å²) in [5.74, 6) is -1.21. The van der Waals surface area contributed by atoms with E-state index in [1.807, 2.05) is 0 Å². The summed E-state index contributed by atoms with van der Waals surface area (Å²) < 4.78 is 26.6. The number of aryl methyl sites for hydroxylation is 1. The van der Waals surface area contributed by atoms with E-state index >= 15 is 0 Å². The Hall–Kier alpha value is -2.49. The van der Waals surface area contributed by atoms with Crippen LogP contribution >= 0.6 is 0 Å². The number of halogens is 2. The van der Waals surface area contributed by atoms with E-state index < -0.39 is 11.6 Å². The zero-order chi connectivity index (χ0) is 14.3. The monoisotopic (exact) mass is 271 g/mol. The third-order valence-electron chi connectivity index (χ3n) is 3.26. The predicted molar refractivity (Wildman–Crippen MR) is 72.8 cm³/mol. The number of aromatic nitrogens is 1. The van der Waals surface area contributed by atoms with Gasteiger partial charge in [-0.1, -0.05) is 12.1 Å². The second kappa shape index (κ2) is 4.56. The molecular formula is C16H11F2NO. The molecule has 0 fully saturated rings. The van der Waals surface area contributed by atoms with Gasteiger partial charge in [0.25, 0.3) is 0 Å². The smallest absolute Gasteiger partial charge is 0.195 e. The zero-order valence-corrected chi connectivity index (χ0v) is 10.7. The van der Waals surface area contributed by atoms with Crippen LogP contribution < -0.4 is 0 Å². The Balaban J connectivity index is 2.21. The first kappa shape index (κ1) is 12.5. The average Bonchev–Trinajstić information content (AvgIpc) is 2.73. The molecule has 2 aromatic carbocycles. The lowest BCUT2D eigenvalue weighted by Crippen LogP contribution is -2.03. The number of hydrogen-bond acceptors (Lipinski definition) is 1. The molecule has 4 heteroatoms. The number of carbonyl (C=O) groups excluding carboxylic acids is 1. The third-order valence-corrected chi connectivity index (χ3v) is 3.26. The quantitative estimate of drug-likeness (QED) is 0.702. The number of hydrogen-bond donors (Lipinski definition) is 1. The maximum atomic E-state index is 13.4. The van der Waals surface area contributed by atoms with Crippen molar-refractivity contribution in [3.8, 4) is 0 Å². The van der Waals surface area contributed by atoms with E-state index in [2.05, 4.69) is 4.98 Å². The van der Waals surface area contributed by atoms with Crippen molar-refractivity contribution in [3.63, 3.8) is 0 Å². The summed E-state index contributed by atoms with van der Waals surface area (Å²) in [6.45, 7) is 1.74. The molecule has 1 N–H and O–H groups in total. The van der Waals surface area contributed by atoms with E-state index in [0.717, 1.165) is 0 Å². The lowest BCUT2D eigenvalue weighted by Gasteiger charge is -2.02. The number of aromatic amines is 1. The lowest BCUT2D eigenvalue weighted by atomic mass is 10.0. The van der Waals surface area contributed by atoms with Crippen LogP contribution in [-0.2, 0) is 0 Å². The fourth-order valence-electron chi connectivity index (χ4n) is 2.37. The van der Waals surface area contributed by atoms with Crippen molar-refractivity contribution in [3.05, 3.63) is 70.9 Å². The van der Waals surface area contributed by atoms with Gasteiger partial charge < -0.3 is 4.98 Å². The van der Waals surface area contributed by atoms with Gasteiger partial charge in [0.2, 0.25) is 0 Å². The molecule has 0 spiro atoms. The molecular weight excluding hydrogens is 260 g/mol. The first-order valence-electron chi connectivity index (χ1n) is 6.14. The predicted octanol–water partition coefficient (Wildman–Crippen LogP) is 3.99. The molecule has 0 bridgehead atoms. The lowest BCUT2D eigenvalue weighted by molar-refractivity contribution is 0.103. The van der Waals surface area contributed by atoms with E-state index in [9.17, 15) is 13.6 Å². The topological polar surface area (TPSA) is 32.9 Å². The number of rotatable bonds is 2. The second-order valence-electron chi connectivity index (χ2n) is 4.65. The Morgan fingerprint density at radius 2 is 1.80 bits per heavy atom. The molecule has 0 aliphatic carbocycles. The molecule has 0 atom stereocenters. The first-order valence-corrected chi connectivity index (χ1v) is 6.14. The number of carbonyl (C=O) groups is 1. The molecule has 1 heterocycles. The number of ketones is 1. The minimum absolute atomic E-state index is 0.248. The summed E-state index contributed by atoms with van der Waals surface area (Å²) in [5, 5.41) is 0.511. The van der Waals surface area contributed by atoms with Crippen molar-refractivity contribution in [2.75, 3.05) is 0 Å². The summed E-state index contributed by atoms with van der Waals surface area (Å²) >= 11 is 0. The normalized spacial score (nSPS) is 10.9. The van der Waals surface area contributed by atoms with Gasteiger partial charge in [0.1, 0.15) is 11.6 Å². The molecule has 100 valence electrons. The average molecular weight is 271 g/mol. The van der Waals surface area contributed by atoms with Crippen LogP contribution in [0.3, 0.4) is 0 Å². The van der Waals surface area contributed by atoms with E-state index in [-0.39, 0.29) is 11.3 Å². The van der Waals surface area contributed by atoms with Crippen molar-refractivity contribution < 1.29 is 13.6 Å². The van der Waals surface area contributed by atoms with Gasteiger partial charge in [0, 0.05) is 22.2 Å². The Kier molecular flexibility index (Phi) is 2.86. The highest BCUT2D eigenvalue weighted by atomic mass is 19.1. The molecule has 0 saturated heterocycles. The van der Waals surface area contributed by atoms with Crippen LogP contribution in [0.1, 0.15) is 21.6 Å². The first-order chi connectivity index (χ1) is 9.56. The van der Waals surface area contributed by atoms with Crippen LogP contribution in [0.4, 0.5) is 8.78 Å². The highest BCUT2D eigenvalue weighted by molar-refractivity contribution is 6.17. The minimum Gasteiger partial charge on any atom is -0.358 e. The zero-order valence-electron chi connectivity index (χ0n) is 10.7. The van der Waals surface area contributed by atoms with Crippen LogP contribution in [0, 0.1) is 18.6 Å². The molecule has 3 aromatic rings. The maximum Gasteiger partial charge on any atom is 0.195 e. The molecule has 20 heavy (non-hydrogen) atoms. The van der Waals surface area contributed by atoms with Crippen molar-refractivity contribution in [1.82, 2.24) is 4.98 Å². The largest absolute Gasteiger partial charge is 0.358 e. The molecule has 0 aliphatic rings. The van der Waals surface area contributed by atoms with Gasteiger partial charge in [0.15, 0.2) is 5.78 Å². The van der Waals surface area contributed by atoms with Crippen molar-refractivity contribution >= 4 is 16.7 Å². The van der Waals surface area contributed by atoms with Gasteiger partial charge in [-0.05, 0) is 37.3 Å². The number of fused-ring (bicyclic) bond motifs is 1. The van der Waals surface area contributed by atoms with Gasteiger partial charge >= 0.3 is 0 Å². The van der Waals surface area contributed by atoms with Crippen LogP contribution in [0.2, 0.25) is 0 Å². The molecule has 0 unspecified atom stereocenters. The number of H-pyrrole nitrogens is 1. The summed E-state index contributed by atoms with van der Waals surface area (Å²) in [4.78, 5) is 15.5. The third kappa shape index (κ3) is 1.99. The SMILES string of the molecule is Cc1[nH]c2ccc(F)cc2c1C(=O)c1cccc(F)c1. The van der Waals surface area contributed by atoms with E-state index in [1.165, 1.54) is 30.3 Å². The summed E-state index contributed by atoms with van der Waals surface area (Å²) in [6, 6.07) is 9.70. The van der Waals surface area contributed by atoms with E-state index in [1.54, 1.807) is 19.1 Å². The van der Waals surface area contributed by atoms with Gasteiger partial charge in [-0.25, -0.2) is 8.78 Å². The Bertz CT molecular complexity index is 820. The van der Waals surface area contributed by atoms with Crippen LogP contribution in [0.15, 0.2) is 42.5 Å². The summed E-state index contributed by atoms with van der Waals surface area (Å²) in [5.41, 5.74) is 1.95. The molecule has 2 nitrogen and oxygen atoms in total. The number of benzene rings is 2. The van der Waals surface area contributed by atoms with Crippen LogP contribution in [0.25, 0.3) is 10.9 Å². The summed E-state index contributed by atoms with van der Waals surface area (Å²) in [6.07, 6.45) is 0. The summed E-state index contributed by atoms with van der Waals surface area (Å²) in [7, 11) is 0. The standard InChI is InChI=1S/C16H11F2NO/c1-9-15(13-8-12(18)5-6-14(13)19-9)16(20)10-3-2-4-11(17)7-10/h2-8,19H,1H3.